The minimum atomic E-state index is 0.0701. The van der Waals surface area contributed by atoms with E-state index in [0.717, 1.165) is 49.8 Å². The summed E-state index contributed by atoms with van der Waals surface area (Å²) in [6.45, 7) is 11.1. The number of para-hydroxylation sites is 2. The van der Waals surface area contributed by atoms with Gasteiger partial charge in [0.2, 0.25) is 5.91 Å². The average molecular weight is 396 g/mol. The molecule has 2 aromatic carbocycles. The Balaban J connectivity index is 1.44. The highest BCUT2D eigenvalue weighted by Crippen LogP contribution is 2.28. The molecule has 0 aromatic heterocycles. The number of nitrogens with zero attached hydrogens (tertiary/aromatic N) is 2. The van der Waals surface area contributed by atoms with Gasteiger partial charge in [0.15, 0.2) is 0 Å². The molecule has 3 rings (SSSR count). The summed E-state index contributed by atoms with van der Waals surface area (Å²) in [4.78, 5) is 17.1. The van der Waals surface area contributed by atoms with Gasteiger partial charge in [-0.05, 0) is 35.2 Å². The molecule has 2 aromatic rings. The highest BCUT2D eigenvalue weighted by molar-refractivity contribution is 5.90. The first-order valence-electron chi connectivity index (χ1n) is 10.4. The number of nitrogens with one attached hydrogen (secondary N) is 1. The van der Waals surface area contributed by atoms with Crippen molar-refractivity contribution in [1.82, 2.24) is 4.90 Å². The van der Waals surface area contributed by atoms with Crippen molar-refractivity contribution in [3.8, 4) is 5.75 Å². The zero-order chi connectivity index (χ0) is 20.9. The number of methoxy groups -OCH3 is 1. The lowest BCUT2D eigenvalue weighted by molar-refractivity contribution is -0.116. The summed E-state index contributed by atoms with van der Waals surface area (Å²) in [6.07, 6.45) is 0.510. The first kappa shape index (κ1) is 21.2. The topological polar surface area (TPSA) is 44.8 Å². The first-order valence-corrected chi connectivity index (χ1v) is 10.4. The molecule has 29 heavy (non-hydrogen) atoms. The number of hydrogen-bond acceptors (Lipinski definition) is 4. The summed E-state index contributed by atoms with van der Waals surface area (Å²) < 4.78 is 5.48. The Morgan fingerprint density at radius 3 is 2.28 bits per heavy atom. The van der Waals surface area contributed by atoms with Crippen LogP contribution in [0, 0.1) is 0 Å². The van der Waals surface area contributed by atoms with E-state index in [1.165, 1.54) is 5.56 Å². The Hall–Kier alpha value is -2.53. The van der Waals surface area contributed by atoms with E-state index >= 15 is 0 Å². The van der Waals surface area contributed by atoms with E-state index in [2.05, 4.69) is 54.1 Å². The van der Waals surface area contributed by atoms with Gasteiger partial charge < -0.3 is 15.0 Å². The van der Waals surface area contributed by atoms with Gasteiger partial charge in [-0.25, -0.2) is 0 Å². The lowest BCUT2D eigenvalue weighted by Crippen LogP contribution is -2.47. The van der Waals surface area contributed by atoms with Crippen LogP contribution in [0.1, 0.15) is 32.8 Å². The third-order valence-electron chi connectivity index (χ3n) is 5.49. The van der Waals surface area contributed by atoms with Crippen LogP contribution in [0.3, 0.4) is 0 Å². The lowest BCUT2D eigenvalue weighted by Gasteiger charge is -2.36. The second kappa shape index (κ2) is 9.31. The van der Waals surface area contributed by atoms with Crippen molar-refractivity contribution in [3.63, 3.8) is 0 Å². The van der Waals surface area contributed by atoms with Crippen LogP contribution in [0.15, 0.2) is 48.5 Å². The van der Waals surface area contributed by atoms with Gasteiger partial charge in [-0.15, -0.1) is 0 Å². The molecule has 156 valence electrons. The highest BCUT2D eigenvalue weighted by atomic mass is 16.5. The standard InChI is InChI=1S/C24H33N3O2/c1-24(2,3)19-9-11-20(12-10-19)25-23(28)13-14-26-15-17-27(18-16-26)21-7-5-6-8-22(21)29-4/h5-12H,13-18H2,1-4H3,(H,25,28). The number of carbonyl (C=O) groups excluding carboxylic acids is 1. The largest absolute Gasteiger partial charge is 0.495 e. The normalized spacial score (nSPS) is 15.2. The molecule has 0 atom stereocenters. The van der Waals surface area contributed by atoms with Crippen LogP contribution in [0.25, 0.3) is 0 Å². The smallest absolute Gasteiger partial charge is 0.225 e. The fourth-order valence-corrected chi connectivity index (χ4v) is 3.64. The van der Waals surface area contributed by atoms with Crippen LogP contribution in [0.5, 0.6) is 5.75 Å². The van der Waals surface area contributed by atoms with Crippen LogP contribution in [0.2, 0.25) is 0 Å². The van der Waals surface area contributed by atoms with E-state index < -0.39 is 0 Å². The van der Waals surface area contributed by atoms with Gasteiger partial charge in [0.05, 0.1) is 12.8 Å². The number of ether oxygens (including phenoxy) is 1. The van der Waals surface area contributed by atoms with Crippen molar-refractivity contribution in [2.75, 3.05) is 50.1 Å². The van der Waals surface area contributed by atoms with E-state index in [-0.39, 0.29) is 11.3 Å². The third-order valence-corrected chi connectivity index (χ3v) is 5.49. The van der Waals surface area contributed by atoms with Crippen molar-refractivity contribution in [2.24, 2.45) is 0 Å². The second-order valence-electron chi connectivity index (χ2n) is 8.63. The molecule has 1 aliphatic heterocycles. The number of piperazine rings is 1. The van der Waals surface area contributed by atoms with Gasteiger partial charge >= 0.3 is 0 Å². The maximum atomic E-state index is 12.3. The van der Waals surface area contributed by atoms with Crippen LogP contribution in [0.4, 0.5) is 11.4 Å². The third kappa shape index (κ3) is 5.73. The SMILES string of the molecule is COc1ccccc1N1CCN(CCC(=O)Nc2ccc(C(C)(C)C)cc2)CC1. The van der Waals surface area contributed by atoms with Crippen molar-refractivity contribution < 1.29 is 9.53 Å². The average Bonchev–Trinajstić information content (AvgIpc) is 2.72. The summed E-state index contributed by atoms with van der Waals surface area (Å²) in [6, 6.07) is 16.3. The van der Waals surface area contributed by atoms with Gasteiger partial charge in [0, 0.05) is 44.8 Å². The van der Waals surface area contributed by atoms with Gasteiger partial charge in [-0.1, -0.05) is 45.0 Å². The van der Waals surface area contributed by atoms with Crippen molar-refractivity contribution in [1.29, 1.82) is 0 Å². The fraction of sp³-hybridized carbons (Fsp3) is 0.458. The molecule has 1 saturated heterocycles. The Kier molecular flexibility index (Phi) is 6.80. The van der Waals surface area contributed by atoms with Crippen LogP contribution in [-0.2, 0) is 10.2 Å². The number of hydrogen-bond donors (Lipinski definition) is 1. The molecule has 5 nitrogen and oxygen atoms in total. The number of anilines is 2. The Morgan fingerprint density at radius 2 is 1.66 bits per heavy atom. The Labute approximate surface area is 174 Å². The predicted molar refractivity (Wildman–Crippen MR) is 120 cm³/mol. The Morgan fingerprint density at radius 1 is 1.00 bits per heavy atom. The molecule has 0 spiro atoms. The summed E-state index contributed by atoms with van der Waals surface area (Å²) in [5.74, 6) is 0.985. The van der Waals surface area contributed by atoms with Crippen molar-refractivity contribution >= 4 is 17.3 Å². The molecular formula is C24H33N3O2. The number of benzene rings is 2. The van der Waals surface area contributed by atoms with E-state index in [9.17, 15) is 4.79 Å². The zero-order valence-electron chi connectivity index (χ0n) is 18.1. The van der Waals surface area contributed by atoms with E-state index in [0.29, 0.717) is 6.42 Å². The minimum absolute atomic E-state index is 0.0701. The zero-order valence-corrected chi connectivity index (χ0v) is 18.1. The molecule has 0 unspecified atom stereocenters. The monoisotopic (exact) mass is 395 g/mol. The molecule has 0 aliphatic carbocycles. The molecule has 0 bridgehead atoms. The lowest BCUT2D eigenvalue weighted by atomic mass is 9.87. The molecular weight excluding hydrogens is 362 g/mol. The number of amides is 1. The minimum Gasteiger partial charge on any atom is -0.495 e. The van der Waals surface area contributed by atoms with Crippen LogP contribution >= 0.6 is 0 Å². The Bertz CT molecular complexity index is 804. The molecule has 1 N–H and O–H groups in total. The van der Waals surface area contributed by atoms with Gasteiger partial charge in [0.1, 0.15) is 5.75 Å². The summed E-state index contributed by atoms with van der Waals surface area (Å²) in [5.41, 5.74) is 3.40. The summed E-state index contributed by atoms with van der Waals surface area (Å²) in [5, 5.41) is 3.02. The van der Waals surface area contributed by atoms with Crippen LogP contribution in [-0.4, -0.2) is 50.6 Å². The van der Waals surface area contributed by atoms with Gasteiger partial charge in [-0.3, -0.25) is 9.69 Å². The molecule has 1 fully saturated rings. The van der Waals surface area contributed by atoms with Gasteiger partial charge in [0.25, 0.3) is 0 Å². The van der Waals surface area contributed by atoms with Crippen molar-refractivity contribution in [3.05, 3.63) is 54.1 Å². The molecule has 0 saturated carbocycles. The van der Waals surface area contributed by atoms with E-state index in [4.69, 9.17) is 4.74 Å². The van der Waals surface area contributed by atoms with E-state index in [1.54, 1.807) is 7.11 Å². The summed E-state index contributed by atoms with van der Waals surface area (Å²) in [7, 11) is 1.71. The molecule has 1 heterocycles. The first-order chi connectivity index (χ1) is 13.9. The molecule has 0 radical (unpaired) electrons. The molecule has 1 aliphatic rings. The molecule has 1 amide bonds. The van der Waals surface area contributed by atoms with E-state index in [1.807, 2.05) is 30.3 Å². The predicted octanol–water partition coefficient (Wildman–Crippen LogP) is 4.14. The summed E-state index contributed by atoms with van der Waals surface area (Å²) >= 11 is 0. The van der Waals surface area contributed by atoms with Crippen molar-refractivity contribution in [2.45, 2.75) is 32.6 Å². The number of rotatable bonds is 6. The fourth-order valence-electron chi connectivity index (χ4n) is 3.64. The highest BCUT2D eigenvalue weighted by Gasteiger charge is 2.20. The van der Waals surface area contributed by atoms with Crippen LogP contribution < -0.4 is 15.0 Å². The quantitative estimate of drug-likeness (QED) is 0.798. The number of carbonyl (C=O) groups is 1. The second-order valence-corrected chi connectivity index (χ2v) is 8.63. The molecule has 5 heteroatoms. The maximum absolute atomic E-state index is 12.3. The maximum Gasteiger partial charge on any atom is 0.225 e. The van der Waals surface area contributed by atoms with Gasteiger partial charge in [-0.2, -0.15) is 0 Å².